The van der Waals surface area contributed by atoms with Gasteiger partial charge < -0.3 is 15.2 Å². The Morgan fingerprint density at radius 2 is 1.81 bits per heavy atom. The molecule has 1 unspecified atom stereocenters. The third kappa shape index (κ3) is 3.18. The molecule has 110 valence electrons. The van der Waals surface area contributed by atoms with Crippen LogP contribution in [0, 0.1) is 0 Å². The van der Waals surface area contributed by atoms with Crippen molar-refractivity contribution in [2.75, 3.05) is 13.2 Å². The van der Waals surface area contributed by atoms with Crippen LogP contribution in [0.2, 0.25) is 5.02 Å². The molecule has 5 heteroatoms. The van der Waals surface area contributed by atoms with Crippen LogP contribution < -0.4 is 15.2 Å². The molecular weight excluding hydrogens is 354 g/mol. The van der Waals surface area contributed by atoms with Gasteiger partial charge in [-0.05, 0) is 41.5 Å². The van der Waals surface area contributed by atoms with Crippen molar-refractivity contribution in [2.24, 2.45) is 5.73 Å². The van der Waals surface area contributed by atoms with Gasteiger partial charge in [-0.1, -0.05) is 33.6 Å². The minimum absolute atomic E-state index is 0.313. The van der Waals surface area contributed by atoms with E-state index in [1.165, 1.54) is 0 Å². The molecule has 0 fully saturated rings. The summed E-state index contributed by atoms with van der Waals surface area (Å²) < 4.78 is 12.3. The minimum atomic E-state index is -0.313. The summed E-state index contributed by atoms with van der Waals surface area (Å²) in [5.41, 5.74) is 8.18. The van der Waals surface area contributed by atoms with Crippen molar-refractivity contribution >= 4 is 27.5 Å². The van der Waals surface area contributed by atoms with Crippen LogP contribution in [0.15, 0.2) is 40.9 Å². The monoisotopic (exact) mass is 367 g/mol. The Morgan fingerprint density at radius 3 is 2.62 bits per heavy atom. The van der Waals surface area contributed by atoms with Crippen molar-refractivity contribution in [3.63, 3.8) is 0 Å². The standard InChI is InChI=1S/C16H15BrClNO2/c17-11-3-4-13(18)12(9-11)16(19)10-2-5-14-15(8-10)21-7-1-6-20-14/h2-5,8-9,16H,1,6-7,19H2. The Labute approximate surface area is 137 Å². The van der Waals surface area contributed by atoms with Gasteiger partial charge in [0.25, 0.3) is 0 Å². The first-order valence-corrected chi connectivity index (χ1v) is 7.92. The molecule has 0 amide bonds. The topological polar surface area (TPSA) is 44.5 Å². The maximum Gasteiger partial charge on any atom is 0.161 e. The van der Waals surface area contributed by atoms with Crippen LogP contribution in [0.25, 0.3) is 0 Å². The fraction of sp³-hybridized carbons (Fsp3) is 0.250. The van der Waals surface area contributed by atoms with Crippen molar-refractivity contribution < 1.29 is 9.47 Å². The fourth-order valence-electron chi connectivity index (χ4n) is 2.31. The lowest BCUT2D eigenvalue weighted by Crippen LogP contribution is -2.12. The second kappa shape index (κ2) is 6.26. The molecule has 0 aromatic heterocycles. The van der Waals surface area contributed by atoms with E-state index in [4.69, 9.17) is 26.8 Å². The van der Waals surface area contributed by atoms with E-state index >= 15 is 0 Å². The smallest absolute Gasteiger partial charge is 0.161 e. The van der Waals surface area contributed by atoms with Gasteiger partial charge >= 0.3 is 0 Å². The summed E-state index contributed by atoms with van der Waals surface area (Å²) in [6, 6.07) is 11.2. The van der Waals surface area contributed by atoms with E-state index in [-0.39, 0.29) is 6.04 Å². The maximum atomic E-state index is 6.36. The van der Waals surface area contributed by atoms with Crippen molar-refractivity contribution in [1.82, 2.24) is 0 Å². The van der Waals surface area contributed by atoms with E-state index in [1.54, 1.807) is 0 Å². The molecule has 1 heterocycles. The van der Waals surface area contributed by atoms with Crippen molar-refractivity contribution in [1.29, 1.82) is 0 Å². The molecule has 2 N–H and O–H groups in total. The molecule has 0 aliphatic carbocycles. The van der Waals surface area contributed by atoms with Crippen molar-refractivity contribution in [2.45, 2.75) is 12.5 Å². The van der Waals surface area contributed by atoms with E-state index < -0.39 is 0 Å². The Hall–Kier alpha value is -1.23. The van der Waals surface area contributed by atoms with Gasteiger partial charge in [-0.2, -0.15) is 0 Å². The molecule has 0 bridgehead atoms. The highest BCUT2D eigenvalue weighted by atomic mass is 79.9. The maximum absolute atomic E-state index is 6.36. The Kier molecular flexibility index (Phi) is 4.38. The number of halogens is 2. The first-order chi connectivity index (χ1) is 10.1. The van der Waals surface area contributed by atoms with Gasteiger partial charge in [-0.25, -0.2) is 0 Å². The second-order valence-electron chi connectivity index (χ2n) is 4.90. The van der Waals surface area contributed by atoms with Gasteiger partial charge in [-0.3, -0.25) is 0 Å². The first-order valence-electron chi connectivity index (χ1n) is 6.75. The minimum Gasteiger partial charge on any atom is -0.490 e. The van der Waals surface area contributed by atoms with E-state index in [2.05, 4.69) is 15.9 Å². The quantitative estimate of drug-likeness (QED) is 0.859. The molecule has 3 rings (SSSR count). The number of ether oxygens (including phenoxy) is 2. The summed E-state index contributed by atoms with van der Waals surface area (Å²) in [7, 11) is 0. The molecule has 0 spiro atoms. The highest BCUT2D eigenvalue weighted by Gasteiger charge is 2.17. The molecule has 0 saturated carbocycles. The summed E-state index contributed by atoms with van der Waals surface area (Å²) in [6.45, 7) is 1.33. The molecule has 21 heavy (non-hydrogen) atoms. The van der Waals surface area contributed by atoms with Crippen LogP contribution in [-0.4, -0.2) is 13.2 Å². The molecule has 2 aromatic carbocycles. The average Bonchev–Trinajstić information content (AvgIpc) is 2.73. The second-order valence-corrected chi connectivity index (χ2v) is 6.22. The number of fused-ring (bicyclic) bond motifs is 1. The predicted molar refractivity (Wildman–Crippen MR) is 87.2 cm³/mol. The first kappa shape index (κ1) is 14.7. The third-order valence-electron chi connectivity index (χ3n) is 3.42. The highest BCUT2D eigenvalue weighted by Crippen LogP contribution is 2.35. The van der Waals surface area contributed by atoms with Crippen molar-refractivity contribution in [3.05, 3.63) is 57.0 Å². The number of hydrogen-bond acceptors (Lipinski definition) is 3. The lowest BCUT2D eigenvalue weighted by molar-refractivity contribution is 0.297. The number of nitrogens with two attached hydrogens (primary N) is 1. The molecule has 1 aliphatic rings. The van der Waals surface area contributed by atoms with Gasteiger partial charge in [0.15, 0.2) is 11.5 Å². The van der Waals surface area contributed by atoms with E-state index in [0.29, 0.717) is 18.2 Å². The molecular formula is C16H15BrClNO2. The largest absolute Gasteiger partial charge is 0.490 e. The van der Waals surface area contributed by atoms with Crippen LogP contribution in [0.5, 0.6) is 11.5 Å². The summed E-state index contributed by atoms with van der Waals surface area (Å²) in [5, 5.41) is 0.651. The molecule has 1 aliphatic heterocycles. The zero-order chi connectivity index (χ0) is 14.8. The lowest BCUT2D eigenvalue weighted by Gasteiger charge is -2.16. The molecule has 3 nitrogen and oxygen atoms in total. The Balaban J connectivity index is 1.96. The van der Waals surface area contributed by atoms with Gasteiger partial charge in [0.05, 0.1) is 19.3 Å². The van der Waals surface area contributed by atoms with Gasteiger partial charge in [0.2, 0.25) is 0 Å². The predicted octanol–water partition coefficient (Wildman–Crippen LogP) is 4.31. The fourth-order valence-corrected chi connectivity index (χ4v) is 2.92. The lowest BCUT2D eigenvalue weighted by atomic mass is 9.99. The highest BCUT2D eigenvalue weighted by molar-refractivity contribution is 9.10. The summed E-state index contributed by atoms with van der Waals surface area (Å²) in [5.74, 6) is 1.51. The van der Waals surface area contributed by atoms with Crippen LogP contribution in [-0.2, 0) is 0 Å². The van der Waals surface area contributed by atoms with E-state index in [9.17, 15) is 0 Å². The van der Waals surface area contributed by atoms with Crippen molar-refractivity contribution in [3.8, 4) is 11.5 Å². The van der Waals surface area contributed by atoms with Gasteiger partial charge in [-0.15, -0.1) is 0 Å². The average molecular weight is 369 g/mol. The number of hydrogen-bond donors (Lipinski definition) is 1. The van der Waals surface area contributed by atoms with E-state index in [0.717, 1.165) is 33.5 Å². The number of benzene rings is 2. The molecule has 0 saturated heterocycles. The van der Waals surface area contributed by atoms with Crippen LogP contribution >= 0.6 is 27.5 Å². The zero-order valence-corrected chi connectivity index (χ0v) is 13.7. The SMILES string of the molecule is NC(c1ccc2c(c1)OCCCO2)c1cc(Br)ccc1Cl. The normalized spacial score (nSPS) is 15.4. The molecule has 2 aromatic rings. The summed E-state index contributed by atoms with van der Waals surface area (Å²) in [6.07, 6.45) is 0.882. The van der Waals surface area contributed by atoms with Gasteiger partial charge in [0, 0.05) is 15.9 Å². The summed E-state index contributed by atoms with van der Waals surface area (Å²) in [4.78, 5) is 0. The molecule has 1 atom stereocenters. The van der Waals surface area contributed by atoms with Crippen LogP contribution in [0.4, 0.5) is 0 Å². The van der Waals surface area contributed by atoms with Gasteiger partial charge in [0.1, 0.15) is 0 Å². The van der Waals surface area contributed by atoms with E-state index in [1.807, 2.05) is 36.4 Å². The van der Waals surface area contributed by atoms with Crippen LogP contribution in [0.3, 0.4) is 0 Å². The Morgan fingerprint density at radius 1 is 1.05 bits per heavy atom. The van der Waals surface area contributed by atoms with Crippen LogP contribution in [0.1, 0.15) is 23.6 Å². The zero-order valence-electron chi connectivity index (χ0n) is 11.3. The summed E-state index contributed by atoms with van der Waals surface area (Å²) >= 11 is 9.70. The Bertz CT molecular complexity index is 663. The number of rotatable bonds is 2. The molecule has 0 radical (unpaired) electrons. The third-order valence-corrected chi connectivity index (χ3v) is 4.26.